The number of hydrogen-bond donors (Lipinski definition) is 2. The molecule has 9 heteroatoms. The summed E-state index contributed by atoms with van der Waals surface area (Å²) in [5.74, 6) is 0.310. The normalized spacial score (nSPS) is 13.3. The zero-order valence-corrected chi connectivity index (χ0v) is 14.3. The number of carbonyl (C=O) groups is 2. The van der Waals surface area contributed by atoms with E-state index in [9.17, 15) is 9.59 Å². The molecule has 1 aliphatic rings. The van der Waals surface area contributed by atoms with Crippen molar-refractivity contribution >= 4 is 28.5 Å². The second-order valence-electron chi connectivity index (χ2n) is 5.93. The van der Waals surface area contributed by atoms with E-state index in [-0.39, 0.29) is 6.61 Å². The molecule has 0 saturated carbocycles. The fourth-order valence-corrected chi connectivity index (χ4v) is 2.88. The first-order valence-corrected chi connectivity index (χ1v) is 8.30. The highest BCUT2D eigenvalue weighted by Gasteiger charge is 2.17. The van der Waals surface area contributed by atoms with E-state index in [1.165, 1.54) is 6.20 Å². The monoisotopic (exact) mass is 364 g/mol. The summed E-state index contributed by atoms with van der Waals surface area (Å²) in [5.41, 5.74) is 6.39. The fourth-order valence-electron chi connectivity index (χ4n) is 2.88. The number of benzene rings is 1. The summed E-state index contributed by atoms with van der Waals surface area (Å²) in [7, 11) is 0. The molecule has 27 heavy (non-hydrogen) atoms. The van der Waals surface area contributed by atoms with Gasteiger partial charge in [0.2, 0.25) is 5.62 Å². The Morgan fingerprint density at radius 3 is 3.00 bits per heavy atom. The summed E-state index contributed by atoms with van der Waals surface area (Å²) in [4.78, 5) is 36.0. The molecule has 9 nitrogen and oxygen atoms in total. The molecule has 0 fully saturated rings. The number of amides is 2. The molecule has 0 saturated heterocycles. The highest BCUT2D eigenvalue weighted by atomic mass is 16.5. The lowest BCUT2D eigenvalue weighted by atomic mass is 10.2. The number of anilines is 1. The predicted molar refractivity (Wildman–Crippen MR) is 97.0 cm³/mol. The first-order chi connectivity index (χ1) is 13.1. The first kappa shape index (κ1) is 16.7. The molecule has 3 aromatic rings. The van der Waals surface area contributed by atoms with Crippen molar-refractivity contribution in [1.82, 2.24) is 14.5 Å². The van der Waals surface area contributed by atoms with Crippen LogP contribution in [0.4, 0.5) is 5.82 Å². The second kappa shape index (κ2) is 6.87. The molecule has 2 aromatic heterocycles. The van der Waals surface area contributed by atoms with E-state index < -0.39 is 11.8 Å². The van der Waals surface area contributed by atoms with Gasteiger partial charge in [0.15, 0.2) is 6.61 Å². The molecule has 0 unspecified atom stereocenters. The van der Waals surface area contributed by atoms with E-state index in [4.69, 9.17) is 10.5 Å². The first-order valence-electron chi connectivity index (χ1n) is 8.30. The molecule has 1 aromatic carbocycles. The summed E-state index contributed by atoms with van der Waals surface area (Å²) in [6.45, 7) is 1.14. The Bertz CT molecular complexity index is 1110. The number of nitrogens with one attached hydrogen (secondary N) is 1. The van der Waals surface area contributed by atoms with Crippen molar-refractivity contribution in [2.45, 2.75) is 6.54 Å². The molecule has 2 amide bonds. The lowest BCUT2D eigenvalue weighted by Gasteiger charge is -2.10. The smallest absolute Gasteiger partial charge is 0.281 e. The number of nitrogens with zero attached hydrogens (tertiary/aromatic N) is 4. The Morgan fingerprint density at radius 1 is 1.33 bits per heavy atom. The molecule has 0 atom stereocenters. The summed E-state index contributed by atoms with van der Waals surface area (Å²) >= 11 is 0. The van der Waals surface area contributed by atoms with Crippen LogP contribution in [0.5, 0.6) is 5.75 Å². The van der Waals surface area contributed by atoms with Crippen LogP contribution in [-0.4, -0.2) is 39.5 Å². The summed E-state index contributed by atoms with van der Waals surface area (Å²) < 4.78 is 7.20. The van der Waals surface area contributed by atoms with Gasteiger partial charge in [0, 0.05) is 36.9 Å². The maximum atomic E-state index is 12.4. The van der Waals surface area contributed by atoms with Crippen LogP contribution in [0, 0.1) is 0 Å². The van der Waals surface area contributed by atoms with Crippen LogP contribution in [0.3, 0.4) is 0 Å². The Labute approximate surface area is 153 Å². The second-order valence-corrected chi connectivity index (χ2v) is 5.93. The van der Waals surface area contributed by atoms with Gasteiger partial charge in [0.25, 0.3) is 11.8 Å². The number of aromatic nitrogens is 3. The molecule has 3 N–H and O–H groups in total. The SMILES string of the molecule is NC(=O)COc1ccc2c3n(c(=NC(=O)c4cccnc4)nc2c1)CCN3. The largest absolute Gasteiger partial charge is 0.484 e. The van der Waals surface area contributed by atoms with Gasteiger partial charge in [0.1, 0.15) is 11.6 Å². The lowest BCUT2D eigenvalue weighted by Crippen LogP contribution is -2.25. The van der Waals surface area contributed by atoms with E-state index in [0.29, 0.717) is 35.5 Å². The van der Waals surface area contributed by atoms with Crippen LogP contribution in [0.2, 0.25) is 0 Å². The summed E-state index contributed by atoms with van der Waals surface area (Å²) in [6.07, 6.45) is 3.06. The Morgan fingerprint density at radius 2 is 2.22 bits per heavy atom. The van der Waals surface area contributed by atoms with Gasteiger partial charge in [-0.05, 0) is 24.3 Å². The number of rotatable bonds is 4. The maximum Gasteiger partial charge on any atom is 0.281 e. The number of primary amides is 1. The van der Waals surface area contributed by atoms with Gasteiger partial charge < -0.3 is 15.8 Å². The molecular formula is C18H16N6O3. The summed E-state index contributed by atoms with van der Waals surface area (Å²) in [5, 5.41) is 4.16. The molecule has 0 radical (unpaired) electrons. The fraction of sp³-hybridized carbons (Fsp3) is 0.167. The average Bonchev–Trinajstić information content (AvgIpc) is 3.17. The Kier molecular flexibility index (Phi) is 4.25. The lowest BCUT2D eigenvalue weighted by molar-refractivity contribution is -0.119. The number of fused-ring (bicyclic) bond motifs is 3. The van der Waals surface area contributed by atoms with E-state index >= 15 is 0 Å². The van der Waals surface area contributed by atoms with E-state index in [0.717, 1.165) is 11.2 Å². The average molecular weight is 364 g/mol. The Hall–Kier alpha value is -3.75. The van der Waals surface area contributed by atoms with E-state index in [1.807, 2.05) is 10.6 Å². The molecular weight excluding hydrogens is 348 g/mol. The van der Waals surface area contributed by atoms with Crippen molar-refractivity contribution < 1.29 is 14.3 Å². The van der Waals surface area contributed by atoms with Crippen LogP contribution in [-0.2, 0) is 11.3 Å². The minimum Gasteiger partial charge on any atom is -0.484 e. The third kappa shape index (κ3) is 3.34. The van der Waals surface area contributed by atoms with Crippen molar-refractivity contribution in [3.05, 3.63) is 53.9 Å². The maximum absolute atomic E-state index is 12.4. The quantitative estimate of drug-likeness (QED) is 0.693. The van der Waals surface area contributed by atoms with Gasteiger partial charge >= 0.3 is 0 Å². The topological polar surface area (TPSA) is 124 Å². The van der Waals surface area contributed by atoms with Crippen molar-refractivity contribution in [1.29, 1.82) is 0 Å². The van der Waals surface area contributed by atoms with Crippen LogP contribution >= 0.6 is 0 Å². The van der Waals surface area contributed by atoms with Gasteiger partial charge in [-0.1, -0.05) is 0 Å². The minimum absolute atomic E-state index is 0.222. The van der Waals surface area contributed by atoms with Gasteiger partial charge in [-0.3, -0.25) is 19.1 Å². The summed E-state index contributed by atoms with van der Waals surface area (Å²) in [6, 6.07) is 8.60. The van der Waals surface area contributed by atoms with Crippen molar-refractivity contribution in [2.24, 2.45) is 10.7 Å². The van der Waals surface area contributed by atoms with Crippen LogP contribution in [0.25, 0.3) is 10.9 Å². The van der Waals surface area contributed by atoms with Crippen molar-refractivity contribution in [3.8, 4) is 5.75 Å². The van der Waals surface area contributed by atoms with E-state index in [2.05, 4.69) is 20.3 Å². The highest BCUT2D eigenvalue weighted by molar-refractivity contribution is 5.95. The van der Waals surface area contributed by atoms with Crippen LogP contribution < -0.4 is 21.4 Å². The number of ether oxygens (including phenoxy) is 1. The number of carbonyl (C=O) groups excluding carboxylic acids is 2. The molecule has 136 valence electrons. The zero-order valence-electron chi connectivity index (χ0n) is 14.3. The molecule has 1 aliphatic heterocycles. The molecule has 4 rings (SSSR count). The van der Waals surface area contributed by atoms with Crippen LogP contribution in [0.15, 0.2) is 47.7 Å². The third-order valence-electron chi connectivity index (χ3n) is 4.08. The molecule has 0 bridgehead atoms. The number of pyridine rings is 1. The van der Waals surface area contributed by atoms with Gasteiger partial charge in [0.05, 0.1) is 11.1 Å². The highest BCUT2D eigenvalue weighted by Crippen LogP contribution is 2.26. The minimum atomic E-state index is -0.563. The Balaban J connectivity index is 1.81. The van der Waals surface area contributed by atoms with Gasteiger partial charge in [-0.15, -0.1) is 0 Å². The third-order valence-corrected chi connectivity index (χ3v) is 4.08. The molecule has 3 heterocycles. The van der Waals surface area contributed by atoms with Crippen molar-refractivity contribution in [3.63, 3.8) is 0 Å². The van der Waals surface area contributed by atoms with Crippen molar-refractivity contribution in [2.75, 3.05) is 18.5 Å². The van der Waals surface area contributed by atoms with Crippen LogP contribution in [0.1, 0.15) is 10.4 Å². The zero-order chi connectivity index (χ0) is 18.8. The molecule has 0 spiro atoms. The van der Waals surface area contributed by atoms with Gasteiger partial charge in [-0.2, -0.15) is 4.99 Å². The predicted octanol–water partition coefficient (Wildman–Crippen LogP) is 0.462. The number of nitrogens with two attached hydrogens (primary N) is 1. The molecule has 0 aliphatic carbocycles. The number of hydrogen-bond acceptors (Lipinski definition) is 6. The van der Waals surface area contributed by atoms with E-state index in [1.54, 1.807) is 30.5 Å². The van der Waals surface area contributed by atoms with Gasteiger partial charge in [-0.25, -0.2) is 4.98 Å². The standard InChI is InChI=1S/C18H16N6O3/c19-15(25)10-27-12-3-4-13-14(8-12)22-18(24-7-6-21-16(13)24)23-17(26)11-2-1-5-20-9-11/h1-5,8-9,21H,6-7,10H2,(H2,19,25).